The molecule has 1 aromatic carbocycles. The fourth-order valence-corrected chi connectivity index (χ4v) is 9.41. The number of alkyl halides is 3. The van der Waals surface area contributed by atoms with Crippen molar-refractivity contribution in [1.82, 2.24) is 4.98 Å². The number of aromatic nitrogens is 1. The summed E-state index contributed by atoms with van der Waals surface area (Å²) in [4.78, 5) is 4.00. The second-order valence-electron chi connectivity index (χ2n) is 5.21. The predicted octanol–water partition coefficient (Wildman–Crippen LogP) is 4.99. The molecule has 138 valence electrons. The molecule has 0 aliphatic heterocycles. The maximum atomic E-state index is 12.8. The first-order valence-electron chi connectivity index (χ1n) is 6.84. The van der Waals surface area contributed by atoms with Crippen molar-refractivity contribution in [3.05, 3.63) is 59.4 Å². The van der Waals surface area contributed by atoms with Gasteiger partial charge in [0.05, 0.1) is 0 Å². The van der Waals surface area contributed by atoms with E-state index in [1.165, 1.54) is 18.2 Å². The molecule has 0 spiro atoms. The van der Waals surface area contributed by atoms with E-state index in [9.17, 15) is 21.6 Å². The Bertz CT molecular complexity index is 880. The monoisotopic (exact) mass is 507 g/mol. The maximum absolute atomic E-state index is 12.8. The van der Waals surface area contributed by atoms with Crippen LogP contribution in [0.2, 0.25) is 5.15 Å². The van der Waals surface area contributed by atoms with Crippen molar-refractivity contribution >= 4 is 42.0 Å². The number of pyridine rings is 1. The molecule has 25 heavy (non-hydrogen) atoms. The summed E-state index contributed by atoms with van der Waals surface area (Å²) in [5.41, 5.74) is -3.29. The van der Waals surface area contributed by atoms with Crippen LogP contribution >= 0.6 is 31.8 Å². The number of hydrogen-bond acceptors (Lipinski definition) is 4. The van der Waals surface area contributed by atoms with Crippen LogP contribution in [0.4, 0.5) is 13.2 Å². The van der Waals surface area contributed by atoms with Crippen molar-refractivity contribution in [3.63, 3.8) is 0 Å². The third-order valence-electron chi connectivity index (χ3n) is 3.04. The van der Waals surface area contributed by atoms with E-state index in [2.05, 4.69) is 4.98 Å². The molecule has 0 saturated carbocycles. The molecule has 1 aromatic heterocycles. The average Bonchev–Trinajstić information content (AvgIpc) is 2.43. The normalized spacial score (nSPS) is 13.0. The zero-order valence-electron chi connectivity index (χ0n) is 13.4. The zero-order valence-corrected chi connectivity index (χ0v) is 17.1. The van der Waals surface area contributed by atoms with E-state index in [1.807, 2.05) is 6.92 Å². The summed E-state index contributed by atoms with van der Waals surface area (Å²) in [6.45, 7) is 5.25. The van der Waals surface area contributed by atoms with Gasteiger partial charge in [0.25, 0.3) is 0 Å². The summed E-state index contributed by atoms with van der Waals surface area (Å²) in [5, 5.41) is 0.0511. The van der Waals surface area contributed by atoms with Crippen LogP contribution in [0.25, 0.3) is 0 Å². The standard InChI is InChI=1S/C15H14ClF3INO3S/c1-9-7-10(2)14(11(3)8-9)20(13-6-4-5-12(16)21-13)24-25(22,23)15(17,18)19/h4-8H,1-3H3. The van der Waals surface area contributed by atoms with Gasteiger partial charge in [-0.25, -0.2) is 0 Å². The first-order valence-corrected chi connectivity index (χ1v) is 11.7. The molecule has 0 N–H and O–H groups in total. The molecule has 0 aliphatic carbocycles. The molecule has 2 aromatic rings. The summed E-state index contributed by atoms with van der Waals surface area (Å²) in [6, 6.07) is 7.91. The van der Waals surface area contributed by atoms with Crippen LogP contribution in [0.5, 0.6) is 0 Å². The van der Waals surface area contributed by atoms with Gasteiger partial charge in [0.15, 0.2) is 0 Å². The summed E-state index contributed by atoms with van der Waals surface area (Å²) in [7, 11) is -5.76. The number of rotatable bonds is 4. The van der Waals surface area contributed by atoms with Gasteiger partial charge >= 0.3 is 157 Å². The number of hydrogen-bond donors (Lipinski definition) is 0. The number of benzene rings is 1. The van der Waals surface area contributed by atoms with Crippen molar-refractivity contribution in [2.75, 3.05) is 0 Å². The Morgan fingerprint density at radius 2 is 1.68 bits per heavy atom. The van der Waals surface area contributed by atoms with Crippen LogP contribution in [0, 0.1) is 28.0 Å². The van der Waals surface area contributed by atoms with Gasteiger partial charge in [0, 0.05) is 0 Å². The van der Waals surface area contributed by atoms with E-state index in [0.29, 0.717) is 14.7 Å². The summed E-state index contributed by atoms with van der Waals surface area (Å²) in [5.74, 6) is 0. The second-order valence-corrected chi connectivity index (χ2v) is 11.8. The number of nitrogens with zero attached hydrogens (tertiary/aromatic N) is 1. The molecule has 0 radical (unpaired) electrons. The Hall–Kier alpha value is -0.910. The average molecular weight is 508 g/mol. The molecule has 0 saturated heterocycles. The van der Waals surface area contributed by atoms with Crippen molar-refractivity contribution in [2.24, 2.45) is 0 Å². The molecule has 0 aliphatic rings. The Balaban J connectivity index is 2.67. The number of aryl methyl sites for hydroxylation is 3. The van der Waals surface area contributed by atoms with Gasteiger partial charge in [-0.1, -0.05) is 0 Å². The summed E-state index contributed by atoms with van der Waals surface area (Å²) in [6.07, 6.45) is 0. The van der Waals surface area contributed by atoms with Crippen LogP contribution in [0.15, 0.2) is 30.3 Å². The van der Waals surface area contributed by atoms with Crippen molar-refractivity contribution in [2.45, 2.75) is 26.3 Å². The Labute approximate surface area is 156 Å². The van der Waals surface area contributed by atoms with Gasteiger partial charge in [0.2, 0.25) is 0 Å². The summed E-state index contributed by atoms with van der Waals surface area (Å²) < 4.78 is 67.0. The fraction of sp³-hybridized carbons (Fsp3) is 0.267. The van der Waals surface area contributed by atoms with Crippen LogP contribution in [0.3, 0.4) is 0 Å². The SMILES string of the molecule is Cc1cc(C)c(I(OS(=O)(=O)C(F)(F)F)c2cccc(Cl)n2)c(C)c1. The van der Waals surface area contributed by atoms with Gasteiger partial charge < -0.3 is 0 Å². The topological polar surface area (TPSA) is 56.3 Å². The molecule has 0 amide bonds. The zero-order chi connectivity index (χ0) is 19.0. The minimum absolute atomic E-state index is 0.0511. The molecule has 0 fully saturated rings. The van der Waals surface area contributed by atoms with E-state index >= 15 is 0 Å². The molecule has 4 nitrogen and oxygen atoms in total. The van der Waals surface area contributed by atoms with Crippen LogP contribution in [0.1, 0.15) is 16.7 Å². The molecule has 10 heteroatoms. The van der Waals surface area contributed by atoms with Crippen molar-refractivity contribution in [3.8, 4) is 0 Å². The van der Waals surface area contributed by atoms with E-state index in [-0.39, 0.29) is 8.85 Å². The molecule has 0 atom stereocenters. The molecule has 0 bridgehead atoms. The predicted molar refractivity (Wildman–Crippen MR) is 97.4 cm³/mol. The molecule has 1 heterocycles. The van der Waals surface area contributed by atoms with E-state index < -0.39 is 35.9 Å². The van der Waals surface area contributed by atoms with Crippen molar-refractivity contribution < 1.29 is 24.1 Å². The van der Waals surface area contributed by atoms with Crippen LogP contribution in [-0.2, 0) is 12.6 Å². The van der Waals surface area contributed by atoms with Crippen LogP contribution < -0.4 is 0 Å². The Morgan fingerprint density at radius 1 is 1.12 bits per heavy atom. The van der Waals surface area contributed by atoms with Gasteiger partial charge in [-0.05, 0) is 0 Å². The fourth-order valence-electron chi connectivity index (χ4n) is 2.19. The minimum atomic E-state index is -5.76. The van der Waals surface area contributed by atoms with E-state index in [4.69, 9.17) is 14.1 Å². The van der Waals surface area contributed by atoms with Gasteiger partial charge in [-0.15, -0.1) is 0 Å². The number of halogens is 5. The van der Waals surface area contributed by atoms with Gasteiger partial charge in [-0.2, -0.15) is 0 Å². The second kappa shape index (κ2) is 7.37. The van der Waals surface area contributed by atoms with Crippen molar-refractivity contribution in [1.29, 1.82) is 0 Å². The molecular formula is C15H14ClF3INO3S. The van der Waals surface area contributed by atoms with E-state index in [1.54, 1.807) is 26.0 Å². The summed E-state index contributed by atoms with van der Waals surface area (Å²) >= 11 is 2.30. The molecule has 2 rings (SSSR count). The van der Waals surface area contributed by atoms with Gasteiger partial charge in [0.1, 0.15) is 0 Å². The quantitative estimate of drug-likeness (QED) is 0.333. The Morgan fingerprint density at radius 3 is 2.16 bits per heavy atom. The molecule has 0 unspecified atom stereocenters. The van der Waals surface area contributed by atoms with E-state index in [0.717, 1.165) is 5.56 Å². The third-order valence-corrected chi connectivity index (χ3v) is 10.9. The first-order chi connectivity index (χ1) is 11.4. The third kappa shape index (κ3) is 4.63. The van der Waals surface area contributed by atoms with Gasteiger partial charge in [-0.3, -0.25) is 0 Å². The first kappa shape index (κ1) is 20.4. The Kier molecular flexibility index (Phi) is 6.02. The van der Waals surface area contributed by atoms with Crippen LogP contribution in [-0.4, -0.2) is 18.9 Å². The molecular weight excluding hydrogens is 494 g/mol.